The van der Waals surface area contributed by atoms with Crippen molar-refractivity contribution in [3.8, 4) is 0 Å². The predicted octanol–water partition coefficient (Wildman–Crippen LogP) is 2.39. The molecule has 2 aromatic rings. The van der Waals surface area contributed by atoms with Crippen LogP contribution >= 0.6 is 11.8 Å². The lowest BCUT2D eigenvalue weighted by Gasteiger charge is -2.06. The van der Waals surface area contributed by atoms with E-state index in [1.807, 2.05) is 30.3 Å². The maximum Gasteiger partial charge on any atom is 0.303 e. The monoisotopic (exact) mass is 304 g/mol. The number of hydrogen-bond acceptors (Lipinski definition) is 4. The van der Waals surface area contributed by atoms with Crippen molar-refractivity contribution in [3.05, 3.63) is 57.8 Å². The molecule has 0 aliphatic rings. The van der Waals surface area contributed by atoms with Crippen molar-refractivity contribution in [2.75, 3.05) is 0 Å². The summed E-state index contributed by atoms with van der Waals surface area (Å²) < 4.78 is 0. The Labute approximate surface area is 126 Å². The second-order valence-corrected chi connectivity index (χ2v) is 5.62. The van der Waals surface area contributed by atoms with Gasteiger partial charge in [0.1, 0.15) is 5.82 Å². The summed E-state index contributed by atoms with van der Waals surface area (Å²) in [6.45, 7) is 1.74. The number of carbonyl (C=O) groups is 1. The molecule has 0 saturated carbocycles. The van der Waals surface area contributed by atoms with E-state index in [1.54, 1.807) is 18.7 Å². The standard InChI is InChI=1S/C15H16N2O3S/c1-10-12(7-8-14(18)19)15(20)17-13(16-10)9-21-11-5-3-2-4-6-11/h2-6H,7-9H2,1H3,(H,18,19)(H,16,17,20). The molecule has 0 aliphatic carbocycles. The van der Waals surface area contributed by atoms with E-state index in [0.29, 0.717) is 22.8 Å². The van der Waals surface area contributed by atoms with E-state index in [0.717, 1.165) is 4.90 Å². The van der Waals surface area contributed by atoms with Crippen molar-refractivity contribution in [3.63, 3.8) is 0 Å². The predicted molar refractivity (Wildman–Crippen MR) is 81.6 cm³/mol. The number of hydrogen-bond donors (Lipinski definition) is 2. The van der Waals surface area contributed by atoms with E-state index >= 15 is 0 Å². The summed E-state index contributed by atoms with van der Waals surface area (Å²) in [7, 11) is 0. The Morgan fingerprint density at radius 3 is 2.67 bits per heavy atom. The van der Waals surface area contributed by atoms with Crippen LogP contribution in [0, 0.1) is 6.92 Å². The number of rotatable bonds is 6. The molecule has 0 spiro atoms. The molecule has 0 fully saturated rings. The number of benzene rings is 1. The van der Waals surface area contributed by atoms with Crippen LogP contribution in [0.4, 0.5) is 0 Å². The minimum absolute atomic E-state index is 0.0658. The summed E-state index contributed by atoms with van der Waals surface area (Å²) in [6.07, 6.45) is 0.138. The normalized spacial score (nSPS) is 10.5. The fourth-order valence-corrected chi connectivity index (χ4v) is 2.72. The van der Waals surface area contributed by atoms with Crippen LogP contribution in [0.2, 0.25) is 0 Å². The third-order valence-electron chi connectivity index (χ3n) is 2.98. The zero-order valence-electron chi connectivity index (χ0n) is 11.6. The van der Waals surface area contributed by atoms with Gasteiger partial charge in [0.15, 0.2) is 0 Å². The lowest BCUT2D eigenvalue weighted by molar-refractivity contribution is -0.136. The Kier molecular flexibility index (Phi) is 5.16. The molecule has 2 rings (SSSR count). The molecule has 0 saturated heterocycles. The second kappa shape index (κ2) is 7.08. The first-order valence-corrected chi connectivity index (χ1v) is 7.53. The SMILES string of the molecule is Cc1nc(CSc2ccccc2)[nH]c(=O)c1CCC(=O)O. The average molecular weight is 304 g/mol. The molecule has 1 aromatic heterocycles. The number of aromatic amines is 1. The van der Waals surface area contributed by atoms with Gasteiger partial charge in [-0.3, -0.25) is 9.59 Å². The Hall–Kier alpha value is -2.08. The highest BCUT2D eigenvalue weighted by Gasteiger charge is 2.10. The lowest BCUT2D eigenvalue weighted by Crippen LogP contribution is -2.19. The summed E-state index contributed by atoms with van der Waals surface area (Å²) in [5, 5.41) is 8.69. The number of nitrogens with zero attached hydrogens (tertiary/aromatic N) is 1. The summed E-state index contributed by atoms with van der Waals surface area (Å²) in [4.78, 5) is 30.8. The van der Waals surface area contributed by atoms with Gasteiger partial charge in [-0.15, -0.1) is 11.8 Å². The van der Waals surface area contributed by atoms with Crippen molar-refractivity contribution in [1.82, 2.24) is 9.97 Å². The van der Waals surface area contributed by atoms with Crippen molar-refractivity contribution in [2.24, 2.45) is 0 Å². The first-order chi connectivity index (χ1) is 10.1. The molecule has 1 heterocycles. The third kappa shape index (κ3) is 4.46. The highest BCUT2D eigenvalue weighted by molar-refractivity contribution is 7.98. The van der Waals surface area contributed by atoms with Gasteiger partial charge < -0.3 is 10.1 Å². The molecule has 0 atom stereocenters. The van der Waals surface area contributed by atoms with Crippen LogP contribution in [0.5, 0.6) is 0 Å². The fourth-order valence-electron chi connectivity index (χ4n) is 1.93. The smallest absolute Gasteiger partial charge is 0.303 e. The first kappa shape index (κ1) is 15.3. The number of aliphatic carboxylic acids is 1. The van der Waals surface area contributed by atoms with Crippen molar-refractivity contribution >= 4 is 17.7 Å². The van der Waals surface area contributed by atoms with Gasteiger partial charge in [0, 0.05) is 22.6 Å². The number of nitrogens with one attached hydrogen (secondary N) is 1. The zero-order chi connectivity index (χ0) is 15.2. The van der Waals surface area contributed by atoms with Crippen molar-refractivity contribution in [2.45, 2.75) is 30.4 Å². The number of aryl methyl sites for hydroxylation is 1. The highest BCUT2D eigenvalue weighted by Crippen LogP contribution is 2.20. The maximum absolute atomic E-state index is 12.0. The van der Waals surface area contributed by atoms with Gasteiger partial charge >= 0.3 is 5.97 Å². The number of aromatic nitrogens is 2. The largest absolute Gasteiger partial charge is 0.481 e. The van der Waals surface area contributed by atoms with Crippen molar-refractivity contribution in [1.29, 1.82) is 0 Å². The molecule has 0 bridgehead atoms. The van der Waals surface area contributed by atoms with Gasteiger partial charge in [0.2, 0.25) is 0 Å². The summed E-state index contributed by atoms with van der Waals surface area (Å²) in [6, 6.07) is 9.86. The fraction of sp³-hybridized carbons (Fsp3) is 0.267. The van der Waals surface area contributed by atoms with Gasteiger partial charge in [-0.05, 0) is 25.5 Å². The number of thioether (sulfide) groups is 1. The van der Waals surface area contributed by atoms with E-state index in [2.05, 4.69) is 9.97 Å². The van der Waals surface area contributed by atoms with Gasteiger partial charge in [0.05, 0.1) is 5.75 Å². The molecular weight excluding hydrogens is 288 g/mol. The van der Waals surface area contributed by atoms with Crippen LogP contribution in [0.1, 0.15) is 23.5 Å². The second-order valence-electron chi connectivity index (χ2n) is 4.57. The molecule has 5 nitrogen and oxygen atoms in total. The van der Waals surface area contributed by atoms with E-state index < -0.39 is 5.97 Å². The molecule has 21 heavy (non-hydrogen) atoms. The van der Waals surface area contributed by atoms with Gasteiger partial charge in [-0.2, -0.15) is 0 Å². The summed E-state index contributed by atoms with van der Waals surface area (Å²) >= 11 is 1.59. The van der Waals surface area contributed by atoms with Crippen LogP contribution in [-0.4, -0.2) is 21.0 Å². The van der Waals surface area contributed by atoms with Crippen LogP contribution < -0.4 is 5.56 Å². The van der Waals surface area contributed by atoms with Gasteiger partial charge in [0.25, 0.3) is 5.56 Å². The maximum atomic E-state index is 12.0. The van der Waals surface area contributed by atoms with Crippen LogP contribution in [0.25, 0.3) is 0 Å². The first-order valence-electron chi connectivity index (χ1n) is 6.54. The molecule has 0 radical (unpaired) electrons. The van der Waals surface area contributed by atoms with E-state index in [-0.39, 0.29) is 18.4 Å². The molecule has 2 N–H and O–H groups in total. The summed E-state index contributed by atoms with van der Waals surface area (Å²) in [5.74, 6) is 0.252. The van der Waals surface area contributed by atoms with Gasteiger partial charge in [-0.1, -0.05) is 18.2 Å². The molecular formula is C15H16N2O3S. The molecule has 6 heteroatoms. The van der Waals surface area contributed by atoms with E-state index in [4.69, 9.17) is 5.11 Å². The minimum atomic E-state index is -0.919. The number of carboxylic acids is 1. The van der Waals surface area contributed by atoms with Crippen molar-refractivity contribution < 1.29 is 9.90 Å². The minimum Gasteiger partial charge on any atom is -0.481 e. The Morgan fingerprint density at radius 1 is 1.33 bits per heavy atom. The van der Waals surface area contributed by atoms with Gasteiger partial charge in [-0.25, -0.2) is 4.98 Å². The third-order valence-corrected chi connectivity index (χ3v) is 4.00. The molecule has 1 aromatic carbocycles. The molecule has 110 valence electrons. The number of carboxylic acid groups (broad SMARTS) is 1. The van der Waals surface area contributed by atoms with Crippen LogP contribution in [0.3, 0.4) is 0 Å². The number of H-pyrrole nitrogens is 1. The quantitative estimate of drug-likeness (QED) is 0.801. The molecule has 0 unspecified atom stereocenters. The zero-order valence-corrected chi connectivity index (χ0v) is 12.4. The van der Waals surface area contributed by atoms with Crippen LogP contribution in [0.15, 0.2) is 40.0 Å². The Balaban J connectivity index is 2.09. The van der Waals surface area contributed by atoms with E-state index in [9.17, 15) is 9.59 Å². The summed E-state index contributed by atoms with van der Waals surface area (Å²) in [5.41, 5.74) is 0.807. The van der Waals surface area contributed by atoms with Crippen LogP contribution in [-0.2, 0) is 17.0 Å². The van der Waals surface area contributed by atoms with E-state index in [1.165, 1.54) is 0 Å². The Bertz CT molecular complexity index is 683. The molecule has 0 amide bonds. The average Bonchev–Trinajstić information content (AvgIpc) is 2.45. The Morgan fingerprint density at radius 2 is 2.05 bits per heavy atom. The molecule has 0 aliphatic heterocycles. The highest BCUT2D eigenvalue weighted by atomic mass is 32.2. The lowest BCUT2D eigenvalue weighted by atomic mass is 10.1. The topological polar surface area (TPSA) is 83.0 Å².